The summed E-state index contributed by atoms with van der Waals surface area (Å²) in [5.74, 6) is -0.963. The highest BCUT2D eigenvalue weighted by molar-refractivity contribution is 7.89. The number of carboxylic acids is 1. The second kappa shape index (κ2) is 9.88. The van der Waals surface area contributed by atoms with Crippen LogP contribution in [0.2, 0.25) is 5.02 Å². The summed E-state index contributed by atoms with van der Waals surface area (Å²) in [7, 11) is -0.497. The topological polar surface area (TPSA) is 159 Å². The van der Waals surface area contributed by atoms with Crippen molar-refractivity contribution < 1.29 is 23.1 Å². The highest BCUT2D eigenvalue weighted by Gasteiger charge is 2.41. The van der Waals surface area contributed by atoms with Crippen LogP contribution >= 0.6 is 11.6 Å². The molecule has 2 aromatic heterocycles. The molecule has 1 aliphatic rings. The van der Waals surface area contributed by atoms with Gasteiger partial charge in [-0.2, -0.15) is 4.72 Å². The molecule has 1 aliphatic heterocycles. The first-order valence-electron chi connectivity index (χ1n) is 11.0. The van der Waals surface area contributed by atoms with Crippen molar-refractivity contribution in [3.05, 3.63) is 53.3 Å². The monoisotopic (exact) mass is 532 g/mol. The number of carboxylic acid groups (broad SMARTS) is 1. The van der Waals surface area contributed by atoms with Gasteiger partial charge in [0.05, 0.1) is 0 Å². The number of nitrogens with zero attached hydrogens (tertiary/aromatic N) is 4. The van der Waals surface area contributed by atoms with E-state index in [1.54, 1.807) is 43.3 Å². The van der Waals surface area contributed by atoms with Gasteiger partial charge in [0, 0.05) is 49.9 Å². The van der Waals surface area contributed by atoms with Gasteiger partial charge in [-0.05, 0) is 47.7 Å². The number of amides is 1. The number of likely N-dealkylation sites (tertiary alicyclic amines) is 1. The molecule has 36 heavy (non-hydrogen) atoms. The zero-order valence-corrected chi connectivity index (χ0v) is 21.1. The van der Waals surface area contributed by atoms with E-state index < -0.39 is 34.0 Å². The highest BCUT2D eigenvalue weighted by Crippen LogP contribution is 2.29. The van der Waals surface area contributed by atoms with Crippen LogP contribution < -0.4 is 15.4 Å². The SMILES string of the molecule is CN(C)c1ccc(S(=O)(=O)N[C@H]2CCN([C@H](Cc3cc4ccnc(N)c4cc3Cl)C(=O)O)C2=O)cn1. The third-order valence-electron chi connectivity index (χ3n) is 6.06. The smallest absolute Gasteiger partial charge is 0.326 e. The van der Waals surface area contributed by atoms with Crippen molar-refractivity contribution in [1.29, 1.82) is 0 Å². The third-order valence-corrected chi connectivity index (χ3v) is 7.87. The van der Waals surface area contributed by atoms with E-state index in [4.69, 9.17) is 17.3 Å². The van der Waals surface area contributed by atoms with Gasteiger partial charge in [0.2, 0.25) is 15.9 Å². The lowest BCUT2D eigenvalue weighted by Crippen LogP contribution is -2.48. The predicted octanol–water partition coefficient (Wildman–Crippen LogP) is 1.51. The minimum Gasteiger partial charge on any atom is -0.480 e. The Kier molecular flexibility index (Phi) is 7.03. The number of nitrogens with two attached hydrogens (primary N) is 1. The molecule has 0 radical (unpaired) electrons. The third kappa shape index (κ3) is 5.06. The van der Waals surface area contributed by atoms with E-state index in [0.717, 1.165) is 5.39 Å². The molecule has 13 heteroatoms. The number of benzene rings is 1. The van der Waals surface area contributed by atoms with Crippen molar-refractivity contribution in [2.75, 3.05) is 31.3 Å². The number of anilines is 2. The van der Waals surface area contributed by atoms with Gasteiger partial charge in [-0.3, -0.25) is 4.79 Å². The van der Waals surface area contributed by atoms with Crippen LogP contribution in [0.1, 0.15) is 12.0 Å². The quantitative estimate of drug-likeness (QED) is 0.390. The minimum atomic E-state index is -4.05. The number of carbonyl (C=O) groups is 2. The Bertz CT molecular complexity index is 1430. The number of fused-ring (bicyclic) bond motifs is 1. The summed E-state index contributed by atoms with van der Waals surface area (Å²) in [5, 5.41) is 11.6. The number of halogens is 1. The lowest BCUT2D eigenvalue weighted by molar-refractivity contribution is -0.148. The Labute approximate surface area is 212 Å². The molecule has 1 fully saturated rings. The van der Waals surface area contributed by atoms with Crippen molar-refractivity contribution in [2.24, 2.45) is 0 Å². The zero-order valence-electron chi connectivity index (χ0n) is 19.6. The average molecular weight is 533 g/mol. The van der Waals surface area contributed by atoms with Crippen LogP contribution in [0.25, 0.3) is 10.8 Å². The Morgan fingerprint density at radius 2 is 2.06 bits per heavy atom. The first-order chi connectivity index (χ1) is 17.0. The molecule has 0 bridgehead atoms. The number of hydrogen-bond acceptors (Lipinski definition) is 8. The van der Waals surface area contributed by atoms with Gasteiger partial charge >= 0.3 is 5.97 Å². The standard InChI is InChI=1S/C23H25ClN6O5S/c1-29(2)20-4-3-15(12-27-20)36(34,35)28-18-6-8-30(22(18)31)19(23(32)33)10-14-9-13-5-7-26-21(25)16(13)11-17(14)24/h3-5,7,9,11-12,18-19,28H,6,8,10H2,1-2H3,(H2,25,26)(H,32,33)/t18-,19+/m0/s1. The lowest BCUT2D eigenvalue weighted by Gasteiger charge is -2.25. The molecule has 0 spiro atoms. The maximum absolute atomic E-state index is 13.1. The largest absolute Gasteiger partial charge is 0.480 e. The summed E-state index contributed by atoms with van der Waals surface area (Å²) in [6.45, 7) is 0.0723. The Morgan fingerprint density at radius 3 is 2.69 bits per heavy atom. The molecule has 2 atom stereocenters. The van der Waals surface area contributed by atoms with E-state index in [1.807, 2.05) is 0 Å². The zero-order chi connectivity index (χ0) is 26.2. The van der Waals surface area contributed by atoms with E-state index in [-0.39, 0.29) is 24.3 Å². The van der Waals surface area contributed by atoms with Crippen molar-refractivity contribution >= 4 is 55.9 Å². The fourth-order valence-electron chi connectivity index (χ4n) is 4.13. The summed E-state index contributed by atoms with van der Waals surface area (Å²) >= 11 is 6.40. The molecule has 1 amide bonds. The second-order valence-corrected chi connectivity index (χ2v) is 10.8. The molecule has 0 unspecified atom stereocenters. The summed E-state index contributed by atoms with van der Waals surface area (Å²) in [6, 6.07) is 5.68. The first kappa shape index (κ1) is 25.6. The number of hydrogen-bond donors (Lipinski definition) is 3. The Morgan fingerprint density at radius 1 is 1.31 bits per heavy atom. The van der Waals surface area contributed by atoms with Crippen molar-refractivity contribution in [3.8, 4) is 0 Å². The maximum atomic E-state index is 13.1. The van der Waals surface area contributed by atoms with Gasteiger partial charge in [-0.1, -0.05) is 11.6 Å². The predicted molar refractivity (Wildman–Crippen MR) is 135 cm³/mol. The van der Waals surface area contributed by atoms with E-state index in [1.165, 1.54) is 23.4 Å². The van der Waals surface area contributed by atoms with Gasteiger partial charge in [0.15, 0.2) is 0 Å². The number of nitrogens with one attached hydrogen (secondary N) is 1. The van der Waals surface area contributed by atoms with Crippen LogP contribution in [-0.2, 0) is 26.0 Å². The number of aromatic nitrogens is 2. The van der Waals surface area contributed by atoms with Gasteiger partial charge in [-0.15, -0.1) is 0 Å². The number of carbonyl (C=O) groups excluding carboxylic acids is 1. The molecule has 3 heterocycles. The molecular weight excluding hydrogens is 508 g/mol. The van der Waals surface area contributed by atoms with Gasteiger partial charge in [-0.25, -0.2) is 23.2 Å². The van der Waals surface area contributed by atoms with E-state index in [2.05, 4.69) is 14.7 Å². The normalized spacial score (nSPS) is 16.9. The fourth-order valence-corrected chi connectivity index (χ4v) is 5.54. The van der Waals surface area contributed by atoms with Crippen LogP contribution in [0.15, 0.2) is 47.6 Å². The molecule has 1 saturated heterocycles. The number of rotatable bonds is 8. The number of sulfonamides is 1. The van der Waals surface area contributed by atoms with Crippen molar-refractivity contribution in [2.45, 2.75) is 29.8 Å². The summed E-state index contributed by atoms with van der Waals surface area (Å²) < 4.78 is 28.0. The maximum Gasteiger partial charge on any atom is 0.326 e. The van der Waals surface area contributed by atoms with Crippen LogP contribution in [0, 0.1) is 0 Å². The molecule has 190 valence electrons. The molecular formula is C23H25ClN6O5S. The fraction of sp³-hybridized carbons (Fsp3) is 0.304. The lowest BCUT2D eigenvalue weighted by atomic mass is 10.0. The molecule has 11 nitrogen and oxygen atoms in total. The summed E-state index contributed by atoms with van der Waals surface area (Å²) in [5.41, 5.74) is 6.41. The molecule has 4 rings (SSSR count). The molecule has 0 saturated carbocycles. The number of pyridine rings is 2. The van der Waals surface area contributed by atoms with Crippen molar-refractivity contribution in [3.63, 3.8) is 0 Å². The van der Waals surface area contributed by atoms with Crippen LogP contribution in [-0.4, -0.2) is 73.0 Å². The molecule has 1 aromatic carbocycles. The first-order valence-corrected chi connectivity index (χ1v) is 12.9. The van der Waals surface area contributed by atoms with Gasteiger partial charge in [0.1, 0.15) is 28.6 Å². The second-order valence-electron chi connectivity index (χ2n) is 8.66. The van der Waals surface area contributed by atoms with Crippen molar-refractivity contribution in [1.82, 2.24) is 19.6 Å². The van der Waals surface area contributed by atoms with E-state index in [0.29, 0.717) is 27.6 Å². The van der Waals surface area contributed by atoms with Crippen LogP contribution in [0.3, 0.4) is 0 Å². The van der Waals surface area contributed by atoms with Gasteiger partial charge < -0.3 is 20.6 Å². The summed E-state index contributed by atoms with van der Waals surface area (Å²) in [4.78, 5) is 36.2. The van der Waals surface area contributed by atoms with E-state index in [9.17, 15) is 23.1 Å². The average Bonchev–Trinajstić information content (AvgIpc) is 3.17. The molecule has 3 aromatic rings. The molecule has 4 N–H and O–H groups in total. The Hall–Kier alpha value is -3.48. The number of nitrogen functional groups attached to an aromatic ring is 1. The highest BCUT2D eigenvalue weighted by atomic mass is 35.5. The summed E-state index contributed by atoms with van der Waals surface area (Å²) in [6.07, 6.45) is 2.80. The minimum absolute atomic E-state index is 0.0620. The van der Waals surface area contributed by atoms with Gasteiger partial charge in [0.25, 0.3) is 0 Å². The van der Waals surface area contributed by atoms with E-state index >= 15 is 0 Å². The van der Waals surface area contributed by atoms with Crippen LogP contribution in [0.5, 0.6) is 0 Å². The molecule has 0 aliphatic carbocycles. The number of aliphatic carboxylic acids is 1. The van der Waals surface area contributed by atoms with Crippen LogP contribution in [0.4, 0.5) is 11.6 Å². The Balaban J connectivity index is 1.53.